The average molecular weight is 180 g/mol. The second-order valence-electron chi connectivity index (χ2n) is 3.33. The van der Waals surface area contributed by atoms with E-state index in [9.17, 15) is 4.79 Å². The predicted octanol–water partition coefficient (Wildman–Crippen LogP) is 3.65. The summed E-state index contributed by atoms with van der Waals surface area (Å²) in [5.74, 6) is 0.0715. The lowest BCUT2D eigenvalue weighted by atomic mass is 10.1. The van der Waals surface area contributed by atoms with Gasteiger partial charge in [0.25, 0.3) is 0 Å². The van der Waals surface area contributed by atoms with Crippen LogP contribution in [0.5, 0.6) is 0 Å². The van der Waals surface area contributed by atoms with Crippen molar-refractivity contribution in [2.75, 3.05) is 0 Å². The van der Waals surface area contributed by atoms with E-state index in [-0.39, 0.29) is 5.78 Å². The summed E-state index contributed by atoms with van der Waals surface area (Å²) in [6.45, 7) is 3.76. The molecule has 0 aliphatic heterocycles. The van der Waals surface area contributed by atoms with Crippen LogP contribution >= 0.6 is 0 Å². The molecule has 0 aromatic rings. The molecule has 0 atom stereocenters. The van der Waals surface area contributed by atoms with Gasteiger partial charge in [-0.25, -0.2) is 0 Å². The molecule has 0 bridgehead atoms. The second-order valence-corrected chi connectivity index (χ2v) is 3.33. The lowest BCUT2D eigenvalue weighted by molar-refractivity contribution is -0.112. The molecular weight excluding hydrogens is 160 g/mol. The van der Waals surface area contributed by atoms with Crippen LogP contribution in [0.15, 0.2) is 17.9 Å². The Morgan fingerprint density at radius 3 is 2.54 bits per heavy atom. The number of carbonyl (C=O) groups is 1. The lowest BCUT2D eigenvalue weighted by Gasteiger charge is -1.94. The molecule has 0 unspecified atom stereocenters. The highest BCUT2D eigenvalue weighted by Crippen LogP contribution is 2.04. The van der Waals surface area contributed by atoms with Crippen LogP contribution in [0, 0.1) is 0 Å². The fourth-order valence-corrected chi connectivity index (χ4v) is 1.11. The minimum absolute atomic E-state index is 0.0715. The van der Waals surface area contributed by atoms with E-state index in [4.69, 9.17) is 0 Å². The average Bonchev–Trinajstić information content (AvgIpc) is 2.09. The van der Waals surface area contributed by atoms with E-state index in [1.54, 1.807) is 6.92 Å². The van der Waals surface area contributed by atoms with Crippen LogP contribution in [-0.4, -0.2) is 5.78 Å². The molecule has 0 aromatic heterocycles. The summed E-state index contributed by atoms with van der Waals surface area (Å²) in [4.78, 5) is 10.5. The summed E-state index contributed by atoms with van der Waals surface area (Å²) >= 11 is 0. The molecule has 0 saturated heterocycles. The molecule has 74 valence electrons. The molecule has 0 aromatic carbocycles. The monoisotopic (exact) mass is 180 g/mol. The van der Waals surface area contributed by atoms with Gasteiger partial charge in [0.05, 0.1) is 0 Å². The van der Waals surface area contributed by atoms with Crippen LogP contribution in [0.1, 0.15) is 52.4 Å². The van der Waals surface area contributed by atoms with Gasteiger partial charge >= 0.3 is 0 Å². The molecule has 0 fully saturated rings. The maximum absolute atomic E-state index is 10.5. The van der Waals surface area contributed by atoms with E-state index in [1.165, 1.54) is 38.2 Å². The lowest BCUT2D eigenvalue weighted by Crippen LogP contribution is -1.77. The number of ketones is 1. The summed E-state index contributed by atoms with van der Waals surface area (Å²) < 4.78 is 0. The number of rotatable bonds is 7. The molecule has 0 aliphatic rings. The molecule has 1 nitrogen and oxygen atoms in total. The van der Waals surface area contributed by atoms with Crippen molar-refractivity contribution in [2.24, 2.45) is 0 Å². The van der Waals surface area contributed by atoms with Crippen LogP contribution in [0.4, 0.5) is 0 Å². The van der Waals surface area contributed by atoms with Gasteiger partial charge in [0.2, 0.25) is 0 Å². The summed E-state index contributed by atoms with van der Waals surface area (Å²) in [7, 11) is 0. The summed E-state index contributed by atoms with van der Waals surface area (Å²) in [5.41, 5.74) is 2.88. The highest BCUT2D eigenvalue weighted by atomic mass is 16.1. The molecule has 1 heteroatoms. The Hall–Kier alpha value is -0.810. The molecule has 13 heavy (non-hydrogen) atoms. The zero-order valence-electron chi connectivity index (χ0n) is 8.81. The maximum Gasteiger partial charge on any atom is 0.160 e. The van der Waals surface area contributed by atoms with Gasteiger partial charge in [-0.1, -0.05) is 32.6 Å². The Bertz CT molecular complexity index is 185. The van der Waals surface area contributed by atoms with Gasteiger partial charge in [-0.05, 0) is 25.8 Å². The van der Waals surface area contributed by atoms with Gasteiger partial charge in [-0.2, -0.15) is 0 Å². The largest absolute Gasteiger partial charge is 0.294 e. The normalized spacial score (nSPS) is 9.08. The number of carbonyl (C=O) groups excluding carboxylic acids is 1. The minimum atomic E-state index is 0.0715. The smallest absolute Gasteiger partial charge is 0.160 e. The summed E-state index contributed by atoms with van der Waals surface area (Å²) in [5, 5.41) is 0. The third-order valence-corrected chi connectivity index (χ3v) is 1.86. The summed E-state index contributed by atoms with van der Waals surface area (Å²) in [6.07, 6.45) is 11.0. The molecule has 0 radical (unpaired) electrons. The third-order valence-electron chi connectivity index (χ3n) is 1.86. The van der Waals surface area contributed by atoms with Crippen LogP contribution in [0.3, 0.4) is 0 Å². The first-order valence-electron chi connectivity index (χ1n) is 5.19. The van der Waals surface area contributed by atoms with Crippen molar-refractivity contribution in [1.82, 2.24) is 0 Å². The third kappa shape index (κ3) is 11.2. The van der Waals surface area contributed by atoms with Crippen molar-refractivity contribution in [2.45, 2.75) is 52.4 Å². The van der Waals surface area contributed by atoms with E-state index in [1.807, 2.05) is 6.08 Å². The van der Waals surface area contributed by atoms with E-state index >= 15 is 0 Å². The van der Waals surface area contributed by atoms with Gasteiger partial charge < -0.3 is 0 Å². The molecule has 0 rings (SSSR count). The molecule has 0 heterocycles. The molecule has 0 saturated carbocycles. The van der Waals surface area contributed by atoms with Gasteiger partial charge in [-0.3, -0.25) is 4.79 Å². The van der Waals surface area contributed by atoms with Crippen molar-refractivity contribution in [3.8, 4) is 0 Å². The van der Waals surface area contributed by atoms with Crippen LogP contribution in [-0.2, 0) is 4.79 Å². The highest BCUT2D eigenvalue weighted by Gasteiger charge is 1.85. The number of allylic oxidation sites excluding steroid dienone is 1. The van der Waals surface area contributed by atoms with E-state index in [0.29, 0.717) is 0 Å². The predicted molar refractivity (Wildman–Crippen MR) is 56.7 cm³/mol. The Morgan fingerprint density at radius 1 is 1.23 bits per heavy atom. The van der Waals surface area contributed by atoms with Crippen LogP contribution in [0.2, 0.25) is 0 Å². The van der Waals surface area contributed by atoms with E-state index in [2.05, 4.69) is 12.7 Å². The first-order chi connectivity index (χ1) is 6.27. The topological polar surface area (TPSA) is 17.1 Å². The van der Waals surface area contributed by atoms with Gasteiger partial charge in [0.15, 0.2) is 5.78 Å². The van der Waals surface area contributed by atoms with E-state index in [0.717, 1.165) is 6.42 Å². The van der Waals surface area contributed by atoms with Crippen molar-refractivity contribution in [3.05, 3.63) is 17.9 Å². The zero-order chi connectivity index (χ0) is 9.94. The zero-order valence-corrected chi connectivity index (χ0v) is 8.81. The molecule has 0 amide bonds. The highest BCUT2D eigenvalue weighted by molar-refractivity contribution is 5.86. The Balaban J connectivity index is 3.25. The first kappa shape index (κ1) is 12.2. The molecular formula is C12H20O. The number of hydrogen-bond acceptors (Lipinski definition) is 1. The summed E-state index contributed by atoms with van der Waals surface area (Å²) in [6, 6.07) is 0. The second kappa shape index (κ2) is 9.28. The minimum Gasteiger partial charge on any atom is -0.294 e. The standard InChI is InChI=1S/C12H20O/c1-3-4-5-6-7-8-9-10-11-12(2)13/h9,11H,3-8H2,1-2H3. The van der Waals surface area contributed by atoms with Gasteiger partial charge in [0, 0.05) is 6.08 Å². The molecule has 0 aliphatic carbocycles. The quantitative estimate of drug-likeness (QED) is 0.332. The van der Waals surface area contributed by atoms with Crippen molar-refractivity contribution in [3.63, 3.8) is 0 Å². The Kier molecular flexibility index (Phi) is 8.70. The fourth-order valence-electron chi connectivity index (χ4n) is 1.11. The number of hydrogen-bond donors (Lipinski definition) is 0. The molecule has 0 N–H and O–H groups in total. The molecule has 0 spiro atoms. The van der Waals surface area contributed by atoms with Crippen molar-refractivity contribution >= 4 is 5.78 Å². The fraction of sp³-hybridized carbons (Fsp3) is 0.667. The number of unbranched alkanes of at least 4 members (excludes halogenated alkanes) is 5. The van der Waals surface area contributed by atoms with Gasteiger partial charge in [-0.15, -0.1) is 5.73 Å². The van der Waals surface area contributed by atoms with E-state index < -0.39 is 0 Å². The Labute approximate surface area is 81.5 Å². The van der Waals surface area contributed by atoms with Crippen LogP contribution in [0.25, 0.3) is 0 Å². The first-order valence-corrected chi connectivity index (χ1v) is 5.19. The maximum atomic E-state index is 10.5. The SMILES string of the molecule is CCCCCCCC=C=CC(C)=O. The van der Waals surface area contributed by atoms with Crippen molar-refractivity contribution < 1.29 is 4.79 Å². The Morgan fingerprint density at radius 2 is 1.92 bits per heavy atom. The van der Waals surface area contributed by atoms with Crippen molar-refractivity contribution in [1.29, 1.82) is 0 Å². The van der Waals surface area contributed by atoms with Gasteiger partial charge in [0.1, 0.15) is 0 Å². The van der Waals surface area contributed by atoms with Crippen LogP contribution < -0.4 is 0 Å².